The molecule has 42 heavy (non-hydrogen) atoms. The van der Waals surface area contributed by atoms with Crippen LogP contribution in [0.15, 0.2) is 30.7 Å². The molecule has 18 heteroatoms. The van der Waals surface area contributed by atoms with Crippen molar-refractivity contribution >= 4 is 17.6 Å². The molecule has 0 bridgehead atoms. The van der Waals surface area contributed by atoms with Gasteiger partial charge < -0.3 is 15.3 Å². The summed E-state index contributed by atoms with van der Waals surface area (Å²) in [5, 5.41) is 29.3. The number of anilines is 1. The van der Waals surface area contributed by atoms with E-state index in [1.54, 1.807) is 28.6 Å². The minimum Gasteiger partial charge on any atom is -0.475 e. The first-order valence-corrected chi connectivity index (χ1v) is 11.7. The van der Waals surface area contributed by atoms with Gasteiger partial charge in [-0.2, -0.15) is 41.8 Å². The third-order valence-corrected chi connectivity index (χ3v) is 6.29. The predicted molar refractivity (Wildman–Crippen MR) is 128 cm³/mol. The minimum atomic E-state index is -5.08. The maximum absolute atomic E-state index is 14.8. The molecule has 1 fully saturated rings. The van der Waals surface area contributed by atoms with Gasteiger partial charge in [0.2, 0.25) is 0 Å². The lowest BCUT2D eigenvalue weighted by Crippen LogP contribution is -2.63. The number of halogens is 8. The Morgan fingerprint density at radius 1 is 1.19 bits per heavy atom. The van der Waals surface area contributed by atoms with Gasteiger partial charge in [0.25, 0.3) is 5.91 Å². The van der Waals surface area contributed by atoms with Crippen molar-refractivity contribution in [2.24, 2.45) is 0 Å². The van der Waals surface area contributed by atoms with Gasteiger partial charge in [0, 0.05) is 42.7 Å². The molecule has 10 nitrogen and oxygen atoms in total. The summed E-state index contributed by atoms with van der Waals surface area (Å²) < 4.78 is 101. The van der Waals surface area contributed by atoms with Gasteiger partial charge >= 0.3 is 18.3 Å². The molecule has 1 aliphatic rings. The highest BCUT2D eigenvalue weighted by Crippen LogP contribution is 2.38. The van der Waals surface area contributed by atoms with Gasteiger partial charge in [-0.1, -0.05) is 0 Å². The third kappa shape index (κ3) is 6.78. The van der Waals surface area contributed by atoms with Crippen molar-refractivity contribution in [3.8, 4) is 17.2 Å². The number of hydrogen-bond acceptors (Lipinski definition) is 6. The Hall–Kier alpha value is -4.69. The SMILES string of the molecule is Cc1n[nH]cc1-c1cnn(C2(CC#N)CN(c3cc(F)c(C(=O)N[C@@H](C)C(F)(F)F)cc3F)C2)c1.O=C(O)C(F)(F)F. The number of amides is 1. The van der Waals surface area contributed by atoms with Crippen LogP contribution in [0.4, 0.5) is 40.8 Å². The second-order valence-corrected chi connectivity index (χ2v) is 9.30. The van der Waals surface area contributed by atoms with Gasteiger partial charge in [-0.3, -0.25) is 14.6 Å². The van der Waals surface area contributed by atoms with E-state index in [0.717, 1.165) is 22.9 Å². The van der Waals surface area contributed by atoms with E-state index in [4.69, 9.17) is 9.90 Å². The Morgan fingerprint density at radius 3 is 2.31 bits per heavy atom. The van der Waals surface area contributed by atoms with Crippen LogP contribution in [0.3, 0.4) is 0 Å². The molecular weight excluding hydrogens is 586 g/mol. The van der Waals surface area contributed by atoms with E-state index in [2.05, 4.69) is 21.4 Å². The second kappa shape index (κ2) is 11.7. The van der Waals surface area contributed by atoms with Gasteiger partial charge in [0.05, 0.1) is 35.6 Å². The zero-order valence-electron chi connectivity index (χ0n) is 21.6. The Labute approximate surface area is 231 Å². The smallest absolute Gasteiger partial charge is 0.475 e. The number of rotatable bonds is 6. The number of aliphatic carboxylic acids is 1. The fraction of sp³-hybridized carbons (Fsp3) is 0.375. The number of carboxylic acid groups (broad SMARTS) is 1. The molecule has 1 aromatic carbocycles. The van der Waals surface area contributed by atoms with Crippen LogP contribution in [0.2, 0.25) is 0 Å². The number of carbonyl (C=O) groups excluding carboxylic acids is 1. The minimum absolute atomic E-state index is 0.0505. The molecule has 2 aromatic heterocycles. The molecule has 0 spiro atoms. The number of aromatic amines is 1. The van der Waals surface area contributed by atoms with E-state index >= 15 is 0 Å². The molecule has 0 radical (unpaired) electrons. The molecule has 1 atom stereocenters. The molecule has 0 unspecified atom stereocenters. The number of nitriles is 1. The number of aromatic nitrogens is 4. The lowest BCUT2D eigenvalue weighted by atomic mass is 9.86. The van der Waals surface area contributed by atoms with Gasteiger partial charge in [-0.25, -0.2) is 13.6 Å². The van der Waals surface area contributed by atoms with Crippen molar-refractivity contribution in [1.82, 2.24) is 25.3 Å². The highest BCUT2D eigenvalue weighted by molar-refractivity contribution is 5.95. The van der Waals surface area contributed by atoms with Crippen LogP contribution < -0.4 is 10.2 Å². The zero-order valence-corrected chi connectivity index (χ0v) is 21.6. The summed E-state index contributed by atoms with van der Waals surface area (Å²) in [5.74, 6) is -6.27. The highest BCUT2D eigenvalue weighted by Gasteiger charge is 2.47. The summed E-state index contributed by atoms with van der Waals surface area (Å²) in [6, 6.07) is 1.20. The van der Waals surface area contributed by atoms with Gasteiger partial charge in [-0.15, -0.1) is 0 Å². The van der Waals surface area contributed by atoms with E-state index in [9.17, 15) is 45.2 Å². The first-order chi connectivity index (χ1) is 19.4. The molecular formula is C24H21F8N7O3. The van der Waals surface area contributed by atoms with E-state index < -0.39 is 53.0 Å². The largest absolute Gasteiger partial charge is 0.490 e. The maximum atomic E-state index is 14.8. The topological polar surface area (TPSA) is 140 Å². The van der Waals surface area contributed by atoms with E-state index in [1.807, 2.05) is 6.92 Å². The molecule has 3 heterocycles. The molecule has 4 rings (SSSR count). The summed E-state index contributed by atoms with van der Waals surface area (Å²) in [7, 11) is 0. The second-order valence-electron chi connectivity index (χ2n) is 9.30. The van der Waals surface area contributed by atoms with Crippen molar-refractivity contribution in [2.45, 2.75) is 44.2 Å². The number of benzene rings is 1. The van der Waals surface area contributed by atoms with Crippen LogP contribution in [0, 0.1) is 29.9 Å². The average Bonchev–Trinajstić information content (AvgIpc) is 3.50. The van der Waals surface area contributed by atoms with Gasteiger partial charge in [0.1, 0.15) is 23.2 Å². The van der Waals surface area contributed by atoms with E-state index in [1.165, 1.54) is 4.90 Å². The van der Waals surface area contributed by atoms with E-state index in [-0.39, 0.29) is 25.2 Å². The number of carbonyl (C=O) groups is 2. The number of aryl methyl sites for hydroxylation is 1. The summed E-state index contributed by atoms with van der Waals surface area (Å²) in [4.78, 5) is 22.4. The first-order valence-electron chi connectivity index (χ1n) is 11.7. The molecule has 0 saturated carbocycles. The maximum Gasteiger partial charge on any atom is 0.490 e. The van der Waals surface area contributed by atoms with Crippen molar-refractivity contribution in [3.63, 3.8) is 0 Å². The number of nitrogens with one attached hydrogen (secondary N) is 2. The lowest BCUT2D eigenvalue weighted by molar-refractivity contribution is -0.192. The summed E-state index contributed by atoms with van der Waals surface area (Å²) in [6.07, 6.45) is -4.68. The van der Waals surface area contributed by atoms with Crippen LogP contribution in [-0.2, 0) is 10.3 Å². The monoisotopic (exact) mass is 607 g/mol. The van der Waals surface area contributed by atoms with Crippen LogP contribution in [0.5, 0.6) is 0 Å². The molecule has 226 valence electrons. The quantitative estimate of drug-likeness (QED) is 0.355. The third-order valence-electron chi connectivity index (χ3n) is 6.29. The molecule has 1 saturated heterocycles. The molecule has 3 aromatic rings. The summed E-state index contributed by atoms with van der Waals surface area (Å²) in [6.45, 7) is 2.77. The lowest BCUT2D eigenvalue weighted by Gasteiger charge is -2.50. The molecule has 1 amide bonds. The Balaban J connectivity index is 0.000000616. The summed E-state index contributed by atoms with van der Waals surface area (Å²) in [5.41, 5.74) is 0.563. The Kier molecular flexibility index (Phi) is 8.84. The molecule has 3 N–H and O–H groups in total. The number of nitrogens with zero attached hydrogens (tertiary/aromatic N) is 5. The fourth-order valence-corrected chi connectivity index (χ4v) is 4.00. The van der Waals surface area contributed by atoms with Crippen LogP contribution >= 0.6 is 0 Å². The molecule has 0 aliphatic carbocycles. The van der Waals surface area contributed by atoms with Gasteiger partial charge in [-0.05, 0) is 19.9 Å². The molecule has 1 aliphatic heterocycles. The number of hydrogen-bond donors (Lipinski definition) is 3. The normalized spacial score (nSPS) is 15.1. The van der Waals surface area contributed by atoms with E-state index in [0.29, 0.717) is 13.0 Å². The van der Waals surface area contributed by atoms with Crippen molar-refractivity contribution in [1.29, 1.82) is 5.26 Å². The predicted octanol–water partition coefficient (Wildman–Crippen LogP) is 4.30. The first kappa shape index (κ1) is 31.8. The van der Waals surface area contributed by atoms with Crippen molar-refractivity contribution in [3.05, 3.63) is 53.6 Å². The van der Waals surface area contributed by atoms with Crippen molar-refractivity contribution < 1.29 is 49.8 Å². The van der Waals surface area contributed by atoms with Gasteiger partial charge in [0.15, 0.2) is 0 Å². The highest BCUT2D eigenvalue weighted by atomic mass is 19.4. The fourth-order valence-electron chi connectivity index (χ4n) is 4.00. The number of alkyl halides is 6. The number of carboxylic acids is 1. The van der Waals surface area contributed by atoms with Crippen LogP contribution in [0.1, 0.15) is 29.4 Å². The number of H-pyrrole nitrogens is 1. The summed E-state index contributed by atoms with van der Waals surface area (Å²) >= 11 is 0. The zero-order chi connectivity index (χ0) is 31.6. The van der Waals surface area contributed by atoms with Crippen LogP contribution in [0.25, 0.3) is 11.1 Å². The van der Waals surface area contributed by atoms with Crippen molar-refractivity contribution in [2.75, 3.05) is 18.0 Å². The Bertz CT molecular complexity index is 1500. The van der Waals surface area contributed by atoms with Crippen LogP contribution in [-0.4, -0.2) is 68.4 Å². The Morgan fingerprint density at radius 2 is 1.81 bits per heavy atom. The average molecular weight is 607 g/mol. The standard InChI is InChI=1S/C22H20F5N7O.C2HF3O2/c1-12-16(8-29-32-12)14-7-30-34(9-14)21(3-4-28)10-33(11-21)19-6-17(23)15(5-18(19)24)20(35)31-13(2)22(25,26)27;3-2(4,5)1(6)7/h5-9,13H,3,10-11H2,1-2H3,(H,29,32)(H,31,35);(H,6,7)/t13-;/m0./s1.